The fourth-order valence-electron chi connectivity index (χ4n) is 7.07. The molecule has 2 aromatic rings. The lowest BCUT2D eigenvalue weighted by Crippen LogP contribution is -2.55. The first kappa shape index (κ1) is 24.5. The molecule has 7 rings (SSSR count). The van der Waals surface area contributed by atoms with E-state index < -0.39 is 5.60 Å². The summed E-state index contributed by atoms with van der Waals surface area (Å²) in [7, 11) is 0. The van der Waals surface area contributed by atoms with Gasteiger partial charge in [0, 0.05) is 50.4 Å². The Bertz CT molecular complexity index is 1190. The van der Waals surface area contributed by atoms with Crippen LogP contribution in [0.25, 0.3) is 11.0 Å². The molecule has 9 nitrogen and oxygen atoms in total. The molecule has 0 spiro atoms. The minimum Gasteiger partial charge on any atom is -0.444 e. The van der Waals surface area contributed by atoms with Crippen LogP contribution in [0.2, 0.25) is 0 Å². The number of amides is 2. The van der Waals surface area contributed by atoms with Gasteiger partial charge in [0.05, 0.1) is 11.1 Å². The van der Waals surface area contributed by atoms with Gasteiger partial charge in [-0.1, -0.05) is 0 Å². The molecule has 2 bridgehead atoms. The standard InChI is InChI=1S/C28H40N6O3/c1-19-16-31(26(36)37-27(2,3)4)14-15-32(19)24-23-21(33-13-5-6-22(33)35)17-34(25(23)30-18-29-24)28-10-7-20(8-11-28)9-12-28/h17-20H,5-16H2,1-4H3/t19-,20?,28?/m0/s1. The van der Waals surface area contributed by atoms with Crippen LogP contribution in [0, 0.1) is 5.92 Å². The number of anilines is 2. The van der Waals surface area contributed by atoms with E-state index in [4.69, 9.17) is 14.7 Å². The molecule has 1 atom stereocenters. The van der Waals surface area contributed by atoms with Crippen molar-refractivity contribution >= 4 is 34.5 Å². The predicted molar refractivity (Wildman–Crippen MR) is 143 cm³/mol. The highest BCUT2D eigenvalue weighted by molar-refractivity contribution is 6.08. The topological polar surface area (TPSA) is 83.8 Å². The van der Waals surface area contributed by atoms with E-state index in [1.165, 1.54) is 38.5 Å². The average Bonchev–Trinajstić information content (AvgIpc) is 3.48. The van der Waals surface area contributed by atoms with Gasteiger partial charge in [-0.15, -0.1) is 0 Å². The van der Waals surface area contributed by atoms with Crippen molar-refractivity contribution in [2.75, 3.05) is 36.0 Å². The minimum atomic E-state index is -0.520. The van der Waals surface area contributed by atoms with Crippen LogP contribution in [0.3, 0.4) is 0 Å². The summed E-state index contributed by atoms with van der Waals surface area (Å²) < 4.78 is 8.05. The van der Waals surface area contributed by atoms with Crippen molar-refractivity contribution in [3.63, 3.8) is 0 Å². The van der Waals surface area contributed by atoms with E-state index in [2.05, 4.69) is 22.6 Å². The second kappa shape index (κ2) is 8.88. The van der Waals surface area contributed by atoms with Gasteiger partial charge in [0.1, 0.15) is 23.4 Å². The highest BCUT2D eigenvalue weighted by Gasteiger charge is 2.44. The second-order valence-electron chi connectivity index (χ2n) is 12.6. The second-order valence-corrected chi connectivity index (χ2v) is 12.6. The third-order valence-electron chi connectivity index (χ3n) is 9.02. The Labute approximate surface area is 219 Å². The fourth-order valence-corrected chi connectivity index (χ4v) is 7.07. The van der Waals surface area contributed by atoms with Crippen LogP contribution in [0.1, 0.15) is 79.1 Å². The lowest BCUT2D eigenvalue weighted by Gasteiger charge is -2.47. The van der Waals surface area contributed by atoms with Gasteiger partial charge in [-0.25, -0.2) is 14.8 Å². The van der Waals surface area contributed by atoms with Crippen molar-refractivity contribution in [3.05, 3.63) is 12.5 Å². The Morgan fingerprint density at radius 1 is 1.08 bits per heavy atom. The summed E-state index contributed by atoms with van der Waals surface area (Å²) >= 11 is 0. The third-order valence-corrected chi connectivity index (χ3v) is 9.02. The van der Waals surface area contributed by atoms with Crippen LogP contribution in [0.15, 0.2) is 12.5 Å². The number of carbonyl (C=O) groups is 2. The number of carbonyl (C=O) groups excluding carboxylic acids is 2. The Morgan fingerprint density at radius 2 is 1.81 bits per heavy atom. The Balaban J connectivity index is 1.39. The van der Waals surface area contributed by atoms with Crippen molar-refractivity contribution in [2.45, 2.75) is 96.2 Å². The highest BCUT2D eigenvalue weighted by Crippen LogP contribution is 2.51. The summed E-state index contributed by atoms with van der Waals surface area (Å²) in [6, 6.07) is 0.0492. The van der Waals surface area contributed by atoms with E-state index in [0.717, 1.165) is 41.4 Å². The van der Waals surface area contributed by atoms with Gasteiger partial charge in [0.2, 0.25) is 5.91 Å². The maximum absolute atomic E-state index is 12.9. The number of piperazine rings is 1. The summed E-state index contributed by atoms with van der Waals surface area (Å²) in [6.45, 7) is 10.3. The van der Waals surface area contributed by atoms with Gasteiger partial charge in [-0.3, -0.25) is 4.79 Å². The lowest BCUT2D eigenvalue weighted by atomic mass is 9.65. The average molecular weight is 509 g/mol. The van der Waals surface area contributed by atoms with Gasteiger partial charge in [-0.05, 0) is 78.6 Å². The first-order valence-corrected chi connectivity index (χ1v) is 14.1. The van der Waals surface area contributed by atoms with E-state index in [0.29, 0.717) is 26.1 Å². The van der Waals surface area contributed by atoms with Crippen LogP contribution in [-0.2, 0) is 15.1 Å². The van der Waals surface area contributed by atoms with Crippen molar-refractivity contribution in [2.24, 2.45) is 5.92 Å². The largest absolute Gasteiger partial charge is 0.444 e. The molecule has 2 amide bonds. The van der Waals surface area contributed by atoms with Crippen LogP contribution in [-0.4, -0.2) is 69.3 Å². The van der Waals surface area contributed by atoms with Gasteiger partial charge in [0.25, 0.3) is 0 Å². The summed E-state index contributed by atoms with van der Waals surface area (Å²) in [5.74, 6) is 1.92. The van der Waals surface area contributed by atoms with E-state index in [-0.39, 0.29) is 23.6 Å². The molecule has 2 aromatic heterocycles. The molecule has 0 radical (unpaired) electrons. The molecular weight excluding hydrogens is 468 g/mol. The zero-order chi connectivity index (χ0) is 25.9. The zero-order valence-electron chi connectivity index (χ0n) is 22.7. The highest BCUT2D eigenvalue weighted by atomic mass is 16.6. The summed E-state index contributed by atoms with van der Waals surface area (Å²) in [5.41, 5.74) is 1.47. The smallest absolute Gasteiger partial charge is 0.410 e. The fraction of sp³-hybridized carbons (Fsp3) is 0.714. The van der Waals surface area contributed by atoms with Gasteiger partial charge < -0.3 is 24.0 Å². The Kier molecular flexibility index (Phi) is 5.88. The van der Waals surface area contributed by atoms with E-state index in [1.54, 1.807) is 11.2 Å². The first-order chi connectivity index (χ1) is 17.7. The molecule has 9 heteroatoms. The maximum atomic E-state index is 12.9. The Hall–Kier alpha value is -2.84. The van der Waals surface area contributed by atoms with Crippen molar-refractivity contribution in [3.8, 4) is 0 Å². The molecule has 3 saturated carbocycles. The molecule has 2 aliphatic heterocycles. The molecule has 37 heavy (non-hydrogen) atoms. The van der Waals surface area contributed by atoms with Crippen LogP contribution in [0.5, 0.6) is 0 Å². The molecule has 0 aromatic carbocycles. The lowest BCUT2D eigenvalue weighted by molar-refractivity contribution is -0.117. The van der Waals surface area contributed by atoms with Crippen LogP contribution in [0.4, 0.5) is 16.3 Å². The summed E-state index contributed by atoms with van der Waals surface area (Å²) in [6.07, 6.45) is 12.5. The first-order valence-electron chi connectivity index (χ1n) is 14.1. The number of hydrogen-bond donors (Lipinski definition) is 0. The summed E-state index contributed by atoms with van der Waals surface area (Å²) in [4.78, 5) is 41.4. The van der Waals surface area contributed by atoms with E-state index in [9.17, 15) is 9.59 Å². The molecule has 5 fully saturated rings. The third kappa shape index (κ3) is 4.24. The van der Waals surface area contributed by atoms with Crippen molar-refractivity contribution < 1.29 is 14.3 Å². The van der Waals surface area contributed by atoms with Gasteiger partial charge >= 0.3 is 6.09 Å². The molecule has 5 aliphatic rings. The predicted octanol–water partition coefficient (Wildman–Crippen LogP) is 4.68. The van der Waals surface area contributed by atoms with Crippen molar-refractivity contribution in [1.29, 1.82) is 0 Å². The SMILES string of the molecule is C[C@H]1CN(C(=O)OC(C)(C)C)CCN1c1ncnc2c1c(N1CCCC1=O)cn2C12CCC(CC1)CC2. The molecular formula is C28H40N6O3. The monoisotopic (exact) mass is 508 g/mol. The number of fused-ring (bicyclic) bond motifs is 4. The number of aromatic nitrogens is 3. The van der Waals surface area contributed by atoms with E-state index in [1.807, 2.05) is 25.7 Å². The molecule has 3 aliphatic carbocycles. The Morgan fingerprint density at radius 3 is 2.43 bits per heavy atom. The molecule has 4 heterocycles. The number of hydrogen-bond acceptors (Lipinski definition) is 6. The van der Waals surface area contributed by atoms with Gasteiger partial charge in [-0.2, -0.15) is 0 Å². The molecule has 0 N–H and O–H groups in total. The molecule has 0 unspecified atom stereocenters. The van der Waals surface area contributed by atoms with Crippen LogP contribution < -0.4 is 9.80 Å². The normalized spacial score (nSPS) is 28.4. The number of nitrogens with zero attached hydrogens (tertiary/aromatic N) is 6. The number of ether oxygens (including phenoxy) is 1. The number of rotatable bonds is 3. The maximum Gasteiger partial charge on any atom is 0.410 e. The molecule has 200 valence electrons. The zero-order valence-corrected chi connectivity index (χ0v) is 22.7. The van der Waals surface area contributed by atoms with Crippen LogP contribution >= 0.6 is 0 Å². The molecule has 2 saturated heterocycles. The quantitative estimate of drug-likeness (QED) is 0.599. The van der Waals surface area contributed by atoms with Gasteiger partial charge in [0.15, 0.2) is 0 Å². The summed E-state index contributed by atoms with van der Waals surface area (Å²) in [5, 5.41) is 0.984. The van der Waals surface area contributed by atoms with E-state index >= 15 is 0 Å². The van der Waals surface area contributed by atoms with Crippen molar-refractivity contribution in [1.82, 2.24) is 19.4 Å². The minimum absolute atomic E-state index is 0.0492.